The van der Waals surface area contributed by atoms with Gasteiger partial charge in [-0.2, -0.15) is 9.65 Å². The van der Waals surface area contributed by atoms with E-state index in [2.05, 4.69) is 51.9 Å². The number of nitriles is 1. The molecule has 1 unspecified atom stereocenters. The first kappa shape index (κ1) is 23.9. The van der Waals surface area contributed by atoms with Crippen molar-refractivity contribution >= 4 is 22.4 Å². The number of imidazole rings is 1. The normalized spacial score (nSPS) is 19.6. The Bertz CT molecular complexity index is 1570. The molecule has 5 rings (SSSR count). The molecule has 3 aromatic heterocycles. The summed E-state index contributed by atoms with van der Waals surface area (Å²) in [7, 11) is 1.50. The molecule has 1 saturated heterocycles. The van der Waals surface area contributed by atoms with Crippen LogP contribution in [0, 0.1) is 24.1 Å². The highest BCUT2D eigenvalue weighted by molar-refractivity contribution is 5.75. The Balaban J connectivity index is 1.48. The number of piperazine rings is 1. The summed E-state index contributed by atoms with van der Waals surface area (Å²) in [5.41, 5.74) is 4.09. The first-order chi connectivity index (χ1) is 17.2. The summed E-state index contributed by atoms with van der Waals surface area (Å²) in [5, 5.41) is 9.10. The van der Waals surface area contributed by atoms with Gasteiger partial charge < -0.3 is 4.90 Å². The number of rotatable bonds is 4. The van der Waals surface area contributed by atoms with Gasteiger partial charge >= 0.3 is 5.56 Å². The molecule has 0 radical (unpaired) electrons. The summed E-state index contributed by atoms with van der Waals surface area (Å²) in [5.74, 6) is -0.817. The van der Waals surface area contributed by atoms with Gasteiger partial charge in [-0.3, -0.25) is 14.7 Å². The minimum atomic E-state index is -0.817. The molecule has 1 fully saturated rings. The second-order valence-electron chi connectivity index (χ2n) is 9.71. The lowest BCUT2D eigenvalue weighted by atomic mass is 10.00. The Morgan fingerprint density at radius 3 is 2.72 bits per heavy atom. The van der Waals surface area contributed by atoms with Crippen molar-refractivity contribution in [3.63, 3.8) is 0 Å². The van der Waals surface area contributed by atoms with E-state index in [1.54, 1.807) is 12.4 Å². The summed E-state index contributed by atoms with van der Waals surface area (Å²) in [4.78, 5) is 30.6. The molecule has 1 aliphatic rings. The largest absolute Gasteiger partial charge is 0.360 e. The Labute approximate surface area is 208 Å². The van der Waals surface area contributed by atoms with Gasteiger partial charge in [-0.1, -0.05) is 6.07 Å². The van der Waals surface area contributed by atoms with Crippen molar-refractivity contribution in [2.45, 2.75) is 52.2 Å². The van der Waals surface area contributed by atoms with Crippen molar-refractivity contribution in [1.82, 2.24) is 29.0 Å². The number of halogens is 1. The van der Waals surface area contributed by atoms with E-state index in [1.807, 2.05) is 24.8 Å². The fraction of sp³-hybridized carbons (Fsp3) is 0.423. The van der Waals surface area contributed by atoms with E-state index in [0.717, 1.165) is 22.3 Å². The third-order valence-corrected chi connectivity index (χ3v) is 7.21. The Kier molecular flexibility index (Phi) is 5.96. The number of aryl methyl sites for hydroxylation is 2. The molecule has 9 nitrogen and oxygen atoms in total. The van der Waals surface area contributed by atoms with Crippen LogP contribution in [0.25, 0.3) is 16.7 Å². The topological polar surface area (TPSA) is 95.3 Å². The molecule has 3 atom stereocenters. The molecule has 0 amide bonds. The molecule has 4 aromatic rings. The Hall–Kier alpha value is -3.84. The maximum Gasteiger partial charge on any atom is 0.303 e. The average Bonchev–Trinajstić information content (AvgIpc) is 3.27. The summed E-state index contributed by atoms with van der Waals surface area (Å²) in [6.07, 6.45) is 3.48. The lowest BCUT2D eigenvalue weighted by molar-refractivity contribution is 0.119. The van der Waals surface area contributed by atoms with Gasteiger partial charge in [-0.05, 0) is 45.4 Å². The number of benzene rings is 1. The molecule has 0 aliphatic carbocycles. The summed E-state index contributed by atoms with van der Waals surface area (Å²) >= 11 is 0. The zero-order chi connectivity index (χ0) is 25.7. The second-order valence-corrected chi connectivity index (χ2v) is 9.71. The molecule has 0 bridgehead atoms. The molecule has 186 valence electrons. The van der Waals surface area contributed by atoms with Crippen molar-refractivity contribution < 1.29 is 4.39 Å². The fourth-order valence-corrected chi connectivity index (χ4v) is 5.25. The van der Waals surface area contributed by atoms with Gasteiger partial charge in [0.05, 0.1) is 41.1 Å². The van der Waals surface area contributed by atoms with Crippen molar-refractivity contribution in [2.24, 2.45) is 7.05 Å². The van der Waals surface area contributed by atoms with Gasteiger partial charge in [0.2, 0.25) is 5.82 Å². The SMILES string of the molecule is Cc1cnc2ccc(C(C)N3C[C@H](C)N(c4c(F)c(=O)n(C)n5cc(CC#N)nc45)C[C@H]3C)cc2n1. The van der Waals surface area contributed by atoms with Crippen LogP contribution in [0.3, 0.4) is 0 Å². The molecule has 0 N–H and O–H groups in total. The summed E-state index contributed by atoms with van der Waals surface area (Å²) in [6.45, 7) is 9.45. The van der Waals surface area contributed by atoms with Gasteiger partial charge in [-0.15, -0.1) is 0 Å². The number of anilines is 1. The smallest absolute Gasteiger partial charge is 0.303 e. The van der Waals surface area contributed by atoms with Crippen LogP contribution in [0.1, 0.15) is 43.8 Å². The Morgan fingerprint density at radius 1 is 1.19 bits per heavy atom. The minimum Gasteiger partial charge on any atom is -0.360 e. The predicted molar refractivity (Wildman–Crippen MR) is 135 cm³/mol. The van der Waals surface area contributed by atoms with Crippen LogP contribution >= 0.6 is 0 Å². The third kappa shape index (κ3) is 3.89. The van der Waals surface area contributed by atoms with Crippen LogP contribution < -0.4 is 10.5 Å². The van der Waals surface area contributed by atoms with E-state index in [9.17, 15) is 4.79 Å². The molecule has 0 saturated carbocycles. The highest BCUT2D eigenvalue weighted by Gasteiger charge is 2.36. The van der Waals surface area contributed by atoms with Crippen molar-refractivity contribution in [2.75, 3.05) is 18.0 Å². The number of nitrogens with zero attached hydrogens (tertiary/aromatic N) is 8. The lowest BCUT2D eigenvalue weighted by Crippen LogP contribution is -2.57. The number of aromatic nitrogens is 5. The van der Waals surface area contributed by atoms with Crippen LogP contribution in [-0.4, -0.2) is 54.2 Å². The van der Waals surface area contributed by atoms with Gasteiger partial charge in [0, 0.05) is 44.5 Å². The number of hydrogen-bond donors (Lipinski definition) is 0. The highest BCUT2D eigenvalue weighted by Crippen LogP contribution is 2.33. The average molecular weight is 489 g/mol. The molecule has 4 heterocycles. The van der Waals surface area contributed by atoms with Gasteiger partial charge in [-0.25, -0.2) is 19.2 Å². The van der Waals surface area contributed by atoms with Crippen LogP contribution in [0.4, 0.5) is 10.1 Å². The molecular formula is C26H29FN8O. The van der Waals surface area contributed by atoms with Crippen LogP contribution in [0.2, 0.25) is 0 Å². The molecule has 1 aromatic carbocycles. The molecule has 36 heavy (non-hydrogen) atoms. The first-order valence-electron chi connectivity index (χ1n) is 12.1. The second kappa shape index (κ2) is 8.99. The van der Waals surface area contributed by atoms with Gasteiger partial charge in [0.1, 0.15) is 5.69 Å². The molecule has 0 spiro atoms. The minimum absolute atomic E-state index is 0.0762. The maximum absolute atomic E-state index is 15.5. The lowest BCUT2D eigenvalue weighted by Gasteiger charge is -2.47. The zero-order valence-electron chi connectivity index (χ0n) is 21.1. The highest BCUT2D eigenvalue weighted by atomic mass is 19.1. The number of hydrogen-bond acceptors (Lipinski definition) is 7. The van der Waals surface area contributed by atoms with E-state index in [0.29, 0.717) is 24.4 Å². The summed E-state index contributed by atoms with van der Waals surface area (Å²) in [6, 6.07) is 8.36. The van der Waals surface area contributed by atoms with Crippen molar-refractivity contribution in [3.8, 4) is 6.07 Å². The van der Waals surface area contributed by atoms with E-state index < -0.39 is 11.4 Å². The standard InChI is InChI=1S/C26H29FN8O/c1-15-11-29-21-7-6-19(10-22(21)30-15)18(4)33-12-17(3)34(13-16(33)2)24-23(27)26(36)32(5)35-14-20(8-9-28)31-25(24)35/h6-7,10-11,14,16-18H,8,12-13H2,1-5H3/t16-,17+,18?/m1/s1. The quantitative estimate of drug-likeness (QED) is 0.435. The van der Waals surface area contributed by atoms with E-state index in [1.165, 1.54) is 16.2 Å². The van der Waals surface area contributed by atoms with E-state index >= 15 is 4.39 Å². The summed E-state index contributed by atoms with van der Waals surface area (Å²) < 4.78 is 18.2. The maximum atomic E-state index is 15.5. The third-order valence-electron chi connectivity index (χ3n) is 7.21. The van der Waals surface area contributed by atoms with Crippen molar-refractivity contribution in [3.05, 3.63) is 63.7 Å². The fourth-order valence-electron chi connectivity index (χ4n) is 5.25. The van der Waals surface area contributed by atoms with E-state index in [-0.39, 0.29) is 30.2 Å². The predicted octanol–water partition coefficient (Wildman–Crippen LogP) is 3.15. The monoisotopic (exact) mass is 488 g/mol. The Morgan fingerprint density at radius 2 is 1.97 bits per heavy atom. The van der Waals surface area contributed by atoms with Crippen LogP contribution in [0.5, 0.6) is 0 Å². The van der Waals surface area contributed by atoms with Crippen molar-refractivity contribution in [1.29, 1.82) is 5.26 Å². The zero-order valence-corrected chi connectivity index (χ0v) is 21.1. The van der Waals surface area contributed by atoms with Crippen LogP contribution in [0.15, 0.2) is 35.4 Å². The molecule has 1 aliphatic heterocycles. The van der Waals surface area contributed by atoms with Gasteiger partial charge in [0.25, 0.3) is 0 Å². The molecular weight excluding hydrogens is 459 g/mol. The molecule has 10 heteroatoms. The number of fused-ring (bicyclic) bond motifs is 2. The van der Waals surface area contributed by atoms with Gasteiger partial charge in [0.15, 0.2) is 5.65 Å². The first-order valence-corrected chi connectivity index (χ1v) is 12.1. The van der Waals surface area contributed by atoms with Crippen LogP contribution in [-0.2, 0) is 13.5 Å². The van der Waals surface area contributed by atoms with E-state index in [4.69, 9.17) is 5.26 Å².